The van der Waals surface area contributed by atoms with Gasteiger partial charge in [-0.1, -0.05) is 15.9 Å². The van der Waals surface area contributed by atoms with Gasteiger partial charge < -0.3 is 21.3 Å². The van der Waals surface area contributed by atoms with Gasteiger partial charge in [0.25, 0.3) is 5.91 Å². The highest BCUT2D eigenvalue weighted by atomic mass is 79.9. The molecule has 1 amide bonds. The third kappa shape index (κ3) is 3.80. The summed E-state index contributed by atoms with van der Waals surface area (Å²) in [4.78, 5) is 11.6. The van der Waals surface area contributed by atoms with Crippen LogP contribution < -0.4 is 11.1 Å². The van der Waals surface area contributed by atoms with Crippen LogP contribution in [0.5, 0.6) is 0 Å². The standard InChI is InChI=1S/C10H13BrN2O3/c11-7-1-6(2-8(12)3-7)10(16)13-4-9(15)5-14/h1-3,9,14-15H,4-5,12H2,(H,13,16). The molecule has 6 heteroatoms. The Labute approximate surface area is 101 Å². The molecule has 88 valence electrons. The van der Waals surface area contributed by atoms with Gasteiger partial charge in [-0.15, -0.1) is 0 Å². The van der Waals surface area contributed by atoms with E-state index in [0.29, 0.717) is 15.7 Å². The second-order valence-corrected chi connectivity index (χ2v) is 4.24. The quantitative estimate of drug-likeness (QED) is 0.592. The molecule has 1 aromatic rings. The van der Waals surface area contributed by atoms with Crippen molar-refractivity contribution >= 4 is 27.5 Å². The highest BCUT2D eigenvalue weighted by Crippen LogP contribution is 2.17. The number of hydrogen-bond donors (Lipinski definition) is 4. The maximum atomic E-state index is 11.6. The topological polar surface area (TPSA) is 95.6 Å². The molecule has 1 aromatic carbocycles. The summed E-state index contributed by atoms with van der Waals surface area (Å²) in [5.41, 5.74) is 6.45. The van der Waals surface area contributed by atoms with Crippen molar-refractivity contribution in [2.24, 2.45) is 0 Å². The number of benzene rings is 1. The number of rotatable bonds is 4. The number of anilines is 1. The number of carbonyl (C=O) groups excluding carboxylic acids is 1. The van der Waals surface area contributed by atoms with E-state index in [9.17, 15) is 4.79 Å². The van der Waals surface area contributed by atoms with Gasteiger partial charge >= 0.3 is 0 Å². The molecule has 0 radical (unpaired) electrons. The van der Waals surface area contributed by atoms with Crippen LogP contribution in [-0.2, 0) is 0 Å². The van der Waals surface area contributed by atoms with Gasteiger partial charge in [0.15, 0.2) is 0 Å². The van der Waals surface area contributed by atoms with Crippen LogP contribution in [0.3, 0.4) is 0 Å². The average Bonchev–Trinajstić information content (AvgIpc) is 2.23. The summed E-state index contributed by atoms with van der Waals surface area (Å²) in [6.45, 7) is -0.386. The second kappa shape index (κ2) is 5.83. The number of halogens is 1. The number of nitrogens with one attached hydrogen (secondary N) is 1. The Kier molecular flexibility index (Phi) is 4.72. The molecular weight excluding hydrogens is 276 g/mol. The molecule has 5 nitrogen and oxygen atoms in total. The zero-order valence-electron chi connectivity index (χ0n) is 8.48. The lowest BCUT2D eigenvalue weighted by molar-refractivity contribution is 0.0802. The molecular formula is C10H13BrN2O3. The first-order valence-corrected chi connectivity index (χ1v) is 5.45. The van der Waals surface area contributed by atoms with Gasteiger partial charge in [0.05, 0.1) is 12.7 Å². The van der Waals surface area contributed by atoms with Crippen molar-refractivity contribution in [3.8, 4) is 0 Å². The molecule has 1 atom stereocenters. The van der Waals surface area contributed by atoms with Crippen LogP contribution >= 0.6 is 15.9 Å². The van der Waals surface area contributed by atoms with Gasteiger partial charge in [0, 0.05) is 22.3 Å². The number of nitrogen functional groups attached to an aromatic ring is 1. The highest BCUT2D eigenvalue weighted by molar-refractivity contribution is 9.10. The number of carbonyl (C=O) groups is 1. The molecule has 0 saturated heterocycles. The van der Waals surface area contributed by atoms with Crippen LogP contribution in [0.1, 0.15) is 10.4 Å². The summed E-state index contributed by atoms with van der Waals surface area (Å²) in [6.07, 6.45) is -0.951. The molecule has 0 fully saturated rings. The van der Waals surface area contributed by atoms with Crippen molar-refractivity contribution in [3.63, 3.8) is 0 Å². The Hall–Kier alpha value is -1.11. The van der Waals surface area contributed by atoms with Gasteiger partial charge in [0.2, 0.25) is 0 Å². The molecule has 0 saturated carbocycles. The first-order valence-electron chi connectivity index (χ1n) is 4.66. The summed E-state index contributed by atoms with van der Waals surface area (Å²) >= 11 is 3.23. The Balaban J connectivity index is 2.66. The molecule has 16 heavy (non-hydrogen) atoms. The third-order valence-electron chi connectivity index (χ3n) is 1.89. The zero-order chi connectivity index (χ0) is 12.1. The van der Waals surface area contributed by atoms with Crippen molar-refractivity contribution < 1.29 is 15.0 Å². The number of nitrogens with two attached hydrogens (primary N) is 1. The van der Waals surface area contributed by atoms with Gasteiger partial charge in [-0.2, -0.15) is 0 Å². The highest BCUT2D eigenvalue weighted by Gasteiger charge is 2.09. The van der Waals surface area contributed by atoms with Crippen LogP contribution in [-0.4, -0.2) is 35.4 Å². The van der Waals surface area contributed by atoms with E-state index in [1.165, 1.54) is 6.07 Å². The summed E-state index contributed by atoms with van der Waals surface area (Å²) in [5, 5.41) is 20.1. The molecule has 0 spiro atoms. The van der Waals surface area contributed by atoms with E-state index >= 15 is 0 Å². The largest absolute Gasteiger partial charge is 0.399 e. The predicted molar refractivity (Wildman–Crippen MR) is 64.0 cm³/mol. The fourth-order valence-electron chi connectivity index (χ4n) is 1.12. The summed E-state index contributed by atoms with van der Waals surface area (Å²) in [7, 11) is 0. The Bertz CT molecular complexity index is 364. The van der Waals surface area contributed by atoms with Crippen LogP contribution in [0.2, 0.25) is 0 Å². The molecule has 0 aliphatic rings. The fourth-order valence-corrected chi connectivity index (χ4v) is 1.63. The van der Waals surface area contributed by atoms with Crippen LogP contribution in [0.25, 0.3) is 0 Å². The number of aliphatic hydroxyl groups is 2. The van der Waals surface area contributed by atoms with Crippen molar-refractivity contribution in [1.29, 1.82) is 0 Å². The summed E-state index contributed by atoms with van der Waals surface area (Å²) < 4.78 is 0.709. The molecule has 0 aliphatic heterocycles. The number of aliphatic hydroxyl groups excluding tert-OH is 2. The Morgan fingerprint density at radius 1 is 1.50 bits per heavy atom. The molecule has 1 unspecified atom stereocenters. The molecule has 0 aliphatic carbocycles. The Morgan fingerprint density at radius 2 is 2.19 bits per heavy atom. The van der Waals surface area contributed by atoms with Gasteiger partial charge in [-0.25, -0.2) is 0 Å². The zero-order valence-corrected chi connectivity index (χ0v) is 10.1. The van der Waals surface area contributed by atoms with E-state index in [-0.39, 0.29) is 19.1 Å². The van der Waals surface area contributed by atoms with E-state index in [0.717, 1.165) is 0 Å². The number of hydrogen-bond acceptors (Lipinski definition) is 4. The maximum absolute atomic E-state index is 11.6. The monoisotopic (exact) mass is 288 g/mol. The van der Waals surface area contributed by atoms with Crippen LogP contribution in [0, 0.1) is 0 Å². The fraction of sp³-hybridized carbons (Fsp3) is 0.300. The molecule has 0 aromatic heterocycles. The van der Waals surface area contributed by atoms with E-state index in [1.807, 2.05) is 0 Å². The Morgan fingerprint density at radius 3 is 2.75 bits per heavy atom. The second-order valence-electron chi connectivity index (χ2n) is 3.32. The van der Waals surface area contributed by atoms with Crippen LogP contribution in [0.15, 0.2) is 22.7 Å². The van der Waals surface area contributed by atoms with E-state index in [1.54, 1.807) is 12.1 Å². The van der Waals surface area contributed by atoms with Gasteiger partial charge in [-0.3, -0.25) is 4.79 Å². The van der Waals surface area contributed by atoms with Crippen molar-refractivity contribution in [3.05, 3.63) is 28.2 Å². The molecule has 0 bridgehead atoms. The van der Waals surface area contributed by atoms with Crippen LogP contribution in [0.4, 0.5) is 5.69 Å². The minimum Gasteiger partial charge on any atom is -0.399 e. The van der Waals surface area contributed by atoms with E-state index < -0.39 is 6.10 Å². The smallest absolute Gasteiger partial charge is 0.251 e. The average molecular weight is 289 g/mol. The summed E-state index contributed by atoms with van der Waals surface area (Å²) in [5.74, 6) is -0.347. The first kappa shape index (κ1) is 13.0. The lowest BCUT2D eigenvalue weighted by atomic mass is 10.2. The van der Waals surface area contributed by atoms with Gasteiger partial charge in [-0.05, 0) is 18.2 Å². The minimum absolute atomic E-state index is 0.00174. The minimum atomic E-state index is -0.951. The van der Waals surface area contributed by atoms with E-state index in [2.05, 4.69) is 21.2 Å². The van der Waals surface area contributed by atoms with Crippen molar-refractivity contribution in [2.75, 3.05) is 18.9 Å². The lowest BCUT2D eigenvalue weighted by Gasteiger charge is -2.09. The third-order valence-corrected chi connectivity index (χ3v) is 2.35. The molecule has 5 N–H and O–H groups in total. The lowest BCUT2D eigenvalue weighted by Crippen LogP contribution is -2.33. The molecule has 1 rings (SSSR count). The maximum Gasteiger partial charge on any atom is 0.251 e. The van der Waals surface area contributed by atoms with Crippen molar-refractivity contribution in [2.45, 2.75) is 6.10 Å². The molecule has 0 heterocycles. The SMILES string of the molecule is Nc1cc(Br)cc(C(=O)NCC(O)CO)c1. The summed E-state index contributed by atoms with van der Waals surface area (Å²) in [6, 6.07) is 4.84. The number of amides is 1. The van der Waals surface area contributed by atoms with Gasteiger partial charge in [0.1, 0.15) is 0 Å². The normalized spacial score (nSPS) is 12.2. The first-order chi connectivity index (χ1) is 7.52. The van der Waals surface area contributed by atoms with E-state index in [4.69, 9.17) is 15.9 Å². The predicted octanol–water partition coefficient (Wildman–Crippen LogP) is 0.114. The van der Waals surface area contributed by atoms with Crippen molar-refractivity contribution in [1.82, 2.24) is 5.32 Å².